The Morgan fingerprint density at radius 2 is 0.677 bits per heavy atom. The second-order valence-corrected chi connectivity index (χ2v) is 15.1. The Balaban J connectivity index is 6.43. The predicted molar refractivity (Wildman–Crippen MR) is 225 cm³/mol. The van der Waals surface area contributed by atoms with Crippen molar-refractivity contribution in [3.05, 3.63) is 73.4 Å². The molecular weight excluding hydrogens is 812 g/mol. The molecule has 0 fully saturated rings. The van der Waals surface area contributed by atoms with E-state index in [1.54, 1.807) is 0 Å². The summed E-state index contributed by atoms with van der Waals surface area (Å²) in [7, 11) is 0. The molecule has 0 saturated heterocycles. The third-order valence-electron chi connectivity index (χ3n) is 8.37. The summed E-state index contributed by atoms with van der Waals surface area (Å²) >= 11 is 0. The van der Waals surface area contributed by atoms with Crippen molar-refractivity contribution in [2.45, 2.75) is 86.0 Å². The molecule has 0 aromatic carbocycles. The minimum atomic E-state index is -1.57. The van der Waals surface area contributed by atoms with Gasteiger partial charge in [0.2, 0.25) is 0 Å². The zero-order valence-electron chi connectivity index (χ0n) is 37.0. The van der Waals surface area contributed by atoms with Crippen LogP contribution < -0.4 is 0 Å². The number of carbonyl (C=O) groups is 8. The van der Waals surface area contributed by atoms with Crippen LogP contribution in [0.2, 0.25) is 0 Å². The van der Waals surface area contributed by atoms with Crippen LogP contribution in [0.15, 0.2) is 73.4 Å². The zero-order valence-corrected chi connectivity index (χ0v) is 37.0. The van der Waals surface area contributed by atoms with Gasteiger partial charge in [-0.05, 0) is 73.1 Å². The monoisotopic (exact) mass is 876 g/mol. The van der Waals surface area contributed by atoms with Gasteiger partial charge in [-0.25, -0.2) is 28.8 Å². The highest BCUT2D eigenvalue weighted by Crippen LogP contribution is 2.27. The number of unbranched alkanes of at least 4 members (excludes halogenated alkanes) is 4. The van der Waals surface area contributed by atoms with Gasteiger partial charge in [0.1, 0.15) is 39.6 Å². The average Bonchev–Trinajstić information content (AvgIpc) is 3.22. The van der Waals surface area contributed by atoms with Crippen LogP contribution in [0.1, 0.15) is 86.0 Å². The standard InChI is InChI=1S/C45H64O17/c1-12-36(46)57-25-44(28-60-41(51)33(6)7,26-58-37(47)19-15-13-17-21-55-39(49)31(2)3)23-54-24-45(29-61-42(52)34(8)9,30-62-43(53)35(10)11)27-59-38(48)20-16-14-18-22-56-40(50)32(4)5/h12H,1-2,4,6,8,10,13-30H2,3,5,7,9,11H3. The first-order chi connectivity index (χ1) is 29.1. The maximum Gasteiger partial charge on any atom is 0.333 e. The van der Waals surface area contributed by atoms with Crippen LogP contribution in [-0.2, 0) is 81.0 Å². The molecule has 1 unspecified atom stereocenters. The van der Waals surface area contributed by atoms with E-state index in [1.807, 2.05) is 0 Å². The van der Waals surface area contributed by atoms with Crippen LogP contribution in [0.4, 0.5) is 0 Å². The molecule has 0 N–H and O–H groups in total. The van der Waals surface area contributed by atoms with Crippen molar-refractivity contribution in [2.75, 3.05) is 66.1 Å². The summed E-state index contributed by atoms with van der Waals surface area (Å²) in [5.41, 5.74) is -2.49. The summed E-state index contributed by atoms with van der Waals surface area (Å²) in [6.07, 6.45) is 3.57. The molecule has 0 radical (unpaired) electrons. The largest absolute Gasteiger partial charge is 0.465 e. The smallest absolute Gasteiger partial charge is 0.333 e. The molecule has 62 heavy (non-hydrogen) atoms. The molecule has 17 nitrogen and oxygen atoms in total. The molecule has 0 rings (SSSR count). The summed E-state index contributed by atoms with van der Waals surface area (Å²) in [5, 5.41) is 0. The van der Waals surface area contributed by atoms with E-state index in [-0.39, 0.29) is 53.9 Å². The van der Waals surface area contributed by atoms with E-state index in [2.05, 4.69) is 39.5 Å². The molecule has 0 aliphatic rings. The number of carbonyl (C=O) groups excluding carboxylic acids is 8. The fraction of sp³-hybridized carbons (Fsp3) is 0.556. The van der Waals surface area contributed by atoms with Crippen molar-refractivity contribution < 1.29 is 81.0 Å². The molecule has 0 spiro atoms. The average molecular weight is 877 g/mol. The van der Waals surface area contributed by atoms with Gasteiger partial charge in [-0.1, -0.05) is 39.5 Å². The van der Waals surface area contributed by atoms with Crippen molar-refractivity contribution in [2.24, 2.45) is 10.8 Å². The molecule has 0 aromatic heterocycles. The van der Waals surface area contributed by atoms with Crippen LogP contribution in [0.25, 0.3) is 0 Å². The minimum absolute atomic E-state index is 0.0392. The highest BCUT2D eigenvalue weighted by molar-refractivity contribution is 5.88. The van der Waals surface area contributed by atoms with E-state index >= 15 is 0 Å². The van der Waals surface area contributed by atoms with Crippen molar-refractivity contribution in [1.82, 2.24) is 0 Å². The van der Waals surface area contributed by atoms with Gasteiger partial charge in [-0.3, -0.25) is 9.59 Å². The first-order valence-electron chi connectivity index (χ1n) is 19.9. The van der Waals surface area contributed by atoms with E-state index in [0.29, 0.717) is 38.5 Å². The Hall–Kier alpha value is -5.84. The Morgan fingerprint density at radius 3 is 0.984 bits per heavy atom. The lowest BCUT2D eigenvalue weighted by Crippen LogP contribution is -2.47. The van der Waals surface area contributed by atoms with Crippen LogP contribution in [0.3, 0.4) is 0 Å². The van der Waals surface area contributed by atoms with E-state index in [9.17, 15) is 38.4 Å². The topological polar surface area (TPSA) is 220 Å². The minimum Gasteiger partial charge on any atom is -0.465 e. The van der Waals surface area contributed by atoms with Gasteiger partial charge < -0.3 is 42.6 Å². The van der Waals surface area contributed by atoms with Crippen LogP contribution in [-0.4, -0.2) is 114 Å². The third-order valence-corrected chi connectivity index (χ3v) is 8.37. The molecule has 1 atom stereocenters. The zero-order chi connectivity index (χ0) is 47.3. The Kier molecular flexibility index (Phi) is 27.4. The summed E-state index contributed by atoms with van der Waals surface area (Å²) in [4.78, 5) is 99.2. The maximum atomic E-state index is 13.0. The summed E-state index contributed by atoms with van der Waals surface area (Å²) in [6.45, 7) is 24.7. The van der Waals surface area contributed by atoms with Gasteiger partial charge in [-0.15, -0.1) is 0 Å². The van der Waals surface area contributed by atoms with E-state index < -0.39 is 111 Å². The van der Waals surface area contributed by atoms with Crippen LogP contribution in [0, 0.1) is 10.8 Å². The molecular formula is C45H64O17. The molecule has 0 amide bonds. The number of hydrogen-bond donors (Lipinski definition) is 0. The third kappa shape index (κ3) is 25.1. The molecule has 0 bridgehead atoms. The summed E-state index contributed by atoms with van der Waals surface area (Å²) in [6, 6.07) is 0. The number of esters is 8. The quantitative estimate of drug-likeness (QED) is 0.0337. The first-order valence-corrected chi connectivity index (χ1v) is 19.9. The lowest BCUT2D eigenvalue weighted by Gasteiger charge is -2.35. The Labute approximate surface area is 364 Å². The second-order valence-electron chi connectivity index (χ2n) is 15.1. The molecule has 17 heteroatoms. The molecule has 0 aliphatic carbocycles. The van der Waals surface area contributed by atoms with Gasteiger partial charge in [0.05, 0.1) is 37.3 Å². The molecule has 0 saturated carbocycles. The summed E-state index contributed by atoms with van der Waals surface area (Å²) < 4.78 is 49.3. The maximum absolute atomic E-state index is 13.0. The molecule has 346 valence electrons. The summed E-state index contributed by atoms with van der Waals surface area (Å²) in [5.74, 6) is -5.62. The second kappa shape index (κ2) is 30.2. The Bertz CT molecular complexity index is 1620. The van der Waals surface area contributed by atoms with E-state index in [4.69, 9.17) is 42.6 Å². The van der Waals surface area contributed by atoms with Crippen molar-refractivity contribution >= 4 is 47.8 Å². The Morgan fingerprint density at radius 1 is 0.387 bits per heavy atom. The highest BCUT2D eigenvalue weighted by Gasteiger charge is 2.41. The predicted octanol–water partition coefficient (Wildman–Crippen LogP) is 5.51. The van der Waals surface area contributed by atoms with Crippen molar-refractivity contribution in [3.63, 3.8) is 0 Å². The van der Waals surface area contributed by atoms with Gasteiger partial charge >= 0.3 is 47.8 Å². The van der Waals surface area contributed by atoms with E-state index in [1.165, 1.54) is 34.6 Å². The SMILES string of the molecule is C=CC(=O)OCC(COCC(COC(=O)CCCCCOC(=O)C(=C)C)(COC(=O)C(=C)C)COC(=O)C(=C)C)(COC(=O)CCCCCOC(=O)C(=C)C)COC(=O)C(=C)C. The highest BCUT2D eigenvalue weighted by atomic mass is 16.6. The van der Waals surface area contributed by atoms with Crippen LogP contribution in [0.5, 0.6) is 0 Å². The molecule has 0 heterocycles. The molecule has 0 aromatic rings. The lowest BCUT2D eigenvalue weighted by molar-refractivity contribution is -0.172. The van der Waals surface area contributed by atoms with Crippen LogP contribution >= 0.6 is 0 Å². The van der Waals surface area contributed by atoms with Gasteiger partial charge in [0.15, 0.2) is 0 Å². The van der Waals surface area contributed by atoms with Crippen molar-refractivity contribution in [3.8, 4) is 0 Å². The lowest BCUT2D eigenvalue weighted by atomic mass is 9.90. The normalized spacial score (nSPS) is 11.6. The fourth-order valence-corrected chi connectivity index (χ4v) is 4.58. The number of ether oxygens (including phenoxy) is 9. The van der Waals surface area contributed by atoms with Gasteiger partial charge in [-0.2, -0.15) is 0 Å². The fourth-order valence-electron chi connectivity index (χ4n) is 4.58. The number of rotatable bonds is 34. The van der Waals surface area contributed by atoms with Crippen molar-refractivity contribution in [1.29, 1.82) is 0 Å². The van der Waals surface area contributed by atoms with E-state index in [0.717, 1.165) is 6.08 Å². The van der Waals surface area contributed by atoms with Gasteiger partial charge in [0.25, 0.3) is 0 Å². The van der Waals surface area contributed by atoms with Gasteiger partial charge in [0, 0.05) is 46.8 Å². The number of hydrogen-bond acceptors (Lipinski definition) is 17. The molecule has 0 aliphatic heterocycles. The first kappa shape index (κ1) is 56.2.